The first kappa shape index (κ1) is 12.4. The Morgan fingerprint density at radius 2 is 2.10 bits per heavy atom. The molecule has 8 heteroatoms. The van der Waals surface area contributed by atoms with E-state index in [0.717, 1.165) is 16.9 Å². The molecule has 7 nitrogen and oxygen atoms in total. The maximum absolute atomic E-state index is 10.8. The van der Waals surface area contributed by atoms with Gasteiger partial charge in [0.15, 0.2) is 0 Å². The van der Waals surface area contributed by atoms with Crippen LogP contribution in [0, 0.1) is 0 Å². The van der Waals surface area contributed by atoms with Crippen LogP contribution in [0.25, 0.3) is 11.4 Å². The summed E-state index contributed by atoms with van der Waals surface area (Å²) in [5.74, 6) is -0.503. The van der Waals surface area contributed by atoms with Gasteiger partial charge < -0.3 is 5.11 Å². The quantitative estimate of drug-likeness (QED) is 0.782. The summed E-state index contributed by atoms with van der Waals surface area (Å²) in [5, 5.41) is 22.7. The number of carbonyl (C=O) groups is 1. The van der Waals surface area contributed by atoms with Crippen LogP contribution in [0.2, 0.25) is 0 Å². The molecule has 0 aliphatic heterocycles. The van der Waals surface area contributed by atoms with E-state index < -0.39 is 5.97 Å². The maximum atomic E-state index is 10.8. The molecule has 20 heavy (non-hydrogen) atoms. The smallest absolute Gasteiger partial charge is 0.365 e. The van der Waals surface area contributed by atoms with Gasteiger partial charge in [-0.15, -0.1) is 21.5 Å². The molecule has 0 spiro atoms. The number of thiazole rings is 1. The Bertz CT molecular complexity index is 737. The van der Waals surface area contributed by atoms with Gasteiger partial charge >= 0.3 is 5.97 Å². The van der Waals surface area contributed by atoms with E-state index >= 15 is 0 Å². The largest absolute Gasteiger partial charge is 0.476 e. The minimum absolute atomic E-state index is 0.0587. The number of carboxylic acid groups (broad SMARTS) is 1. The Morgan fingerprint density at radius 3 is 2.80 bits per heavy atom. The molecule has 1 aromatic carbocycles. The number of rotatable bonds is 4. The number of tetrazole rings is 1. The molecule has 0 saturated carbocycles. The number of aromatic carboxylic acids is 1. The molecule has 0 saturated heterocycles. The third-order valence-electron chi connectivity index (χ3n) is 2.52. The van der Waals surface area contributed by atoms with Crippen molar-refractivity contribution in [3.8, 4) is 11.4 Å². The second-order valence-corrected chi connectivity index (χ2v) is 4.82. The third kappa shape index (κ3) is 2.54. The molecule has 2 aromatic heterocycles. The van der Waals surface area contributed by atoms with E-state index in [2.05, 4.69) is 20.4 Å². The van der Waals surface area contributed by atoms with Crippen LogP contribution in [0.3, 0.4) is 0 Å². The van der Waals surface area contributed by atoms with Crippen LogP contribution < -0.4 is 0 Å². The van der Waals surface area contributed by atoms with E-state index in [1.54, 1.807) is 5.38 Å². The Hall–Kier alpha value is -2.61. The third-order valence-corrected chi connectivity index (χ3v) is 3.40. The lowest BCUT2D eigenvalue weighted by Gasteiger charge is -1.94. The highest BCUT2D eigenvalue weighted by Gasteiger charge is 2.11. The summed E-state index contributed by atoms with van der Waals surface area (Å²) < 4.78 is 0. The summed E-state index contributed by atoms with van der Waals surface area (Å²) in [7, 11) is 0. The van der Waals surface area contributed by atoms with Crippen molar-refractivity contribution in [2.75, 3.05) is 0 Å². The van der Waals surface area contributed by atoms with E-state index in [0.29, 0.717) is 18.1 Å². The molecular formula is C12H9N5O2S. The Kier molecular flexibility index (Phi) is 3.21. The molecule has 0 radical (unpaired) electrons. The van der Waals surface area contributed by atoms with Crippen LogP contribution in [0.4, 0.5) is 0 Å². The van der Waals surface area contributed by atoms with Gasteiger partial charge in [0, 0.05) is 10.9 Å². The molecule has 0 amide bonds. The lowest BCUT2D eigenvalue weighted by Crippen LogP contribution is -2.05. The fourth-order valence-electron chi connectivity index (χ4n) is 1.64. The molecule has 2 heterocycles. The van der Waals surface area contributed by atoms with Gasteiger partial charge in [-0.25, -0.2) is 9.78 Å². The monoisotopic (exact) mass is 287 g/mol. The first-order chi connectivity index (χ1) is 9.72. The van der Waals surface area contributed by atoms with Crippen molar-refractivity contribution >= 4 is 17.3 Å². The van der Waals surface area contributed by atoms with Crippen molar-refractivity contribution < 1.29 is 9.90 Å². The molecule has 0 fully saturated rings. The lowest BCUT2D eigenvalue weighted by molar-refractivity contribution is 0.0696. The van der Waals surface area contributed by atoms with Crippen molar-refractivity contribution in [3.05, 3.63) is 46.4 Å². The normalized spacial score (nSPS) is 10.6. The molecule has 0 aliphatic carbocycles. The van der Waals surface area contributed by atoms with E-state index in [1.807, 2.05) is 30.3 Å². The highest BCUT2D eigenvalue weighted by Crippen LogP contribution is 2.13. The molecular weight excluding hydrogens is 278 g/mol. The molecule has 0 unspecified atom stereocenters. The Balaban J connectivity index is 1.78. The first-order valence-corrected chi connectivity index (χ1v) is 6.61. The Labute approximate surface area is 117 Å². The fourth-order valence-corrected chi connectivity index (χ4v) is 2.28. The summed E-state index contributed by atoms with van der Waals surface area (Å²) in [6, 6.07) is 9.50. The van der Waals surface area contributed by atoms with Crippen molar-refractivity contribution in [3.63, 3.8) is 0 Å². The zero-order valence-corrected chi connectivity index (χ0v) is 11.0. The summed E-state index contributed by atoms with van der Waals surface area (Å²) >= 11 is 1.08. The van der Waals surface area contributed by atoms with Crippen LogP contribution in [-0.2, 0) is 6.54 Å². The van der Waals surface area contributed by atoms with Crippen LogP contribution in [0.1, 0.15) is 15.5 Å². The van der Waals surface area contributed by atoms with Gasteiger partial charge in [-0.1, -0.05) is 30.3 Å². The topological polar surface area (TPSA) is 93.8 Å². The van der Waals surface area contributed by atoms with Gasteiger partial charge in [-0.2, -0.15) is 4.80 Å². The van der Waals surface area contributed by atoms with Crippen molar-refractivity contribution in [1.82, 2.24) is 25.2 Å². The predicted octanol–water partition coefficient (Wildman–Crippen LogP) is 1.54. The Morgan fingerprint density at radius 1 is 1.30 bits per heavy atom. The standard InChI is InChI=1S/C12H9N5O2S/c18-12(19)11-13-9(7-20-11)6-17-15-10(14-16-17)8-4-2-1-3-5-8/h1-5,7H,6H2,(H,18,19). The van der Waals surface area contributed by atoms with Gasteiger partial charge in [0.1, 0.15) is 6.54 Å². The number of nitrogens with zero attached hydrogens (tertiary/aromatic N) is 5. The SMILES string of the molecule is O=C(O)c1nc(Cn2nnc(-c3ccccc3)n2)cs1. The van der Waals surface area contributed by atoms with Gasteiger partial charge in [0.25, 0.3) is 0 Å². The van der Waals surface area contributed by atoms with Gasteiger partial charge in [0.05, 0.1) is 5.69 Å². The average molecular weight is 287 g/mol. The molecule has 1 N–H and O–H groups in total. The number of hydrogen-bond acceptors (Lipinski definition) is 6. The number of benzene rings is 1. The lowest BCUT2D eigenvalue weighted by atomic mass is 10.2. The van der Waals surface area contributed by atoms with Crippen LogP contribution in [0.15, 0.2) is 35.7 Å². The molecule has 0 aliphatic rings. The predicted molar refractivity (Wildman–Crippen MR) is 71.4 cm³/mol. The van der Waals surface area contributed by atoms with Gasteiger partial charge in [-0.3, -0.25) is 0 Å². The van der Waals surface area contributed by atoms with E-state index in [9.17, 15) is 4.79 Å². The van der Waals surface area contributed by atoms with E-state index in [4.69, 9.17) is 5.11 Å². The zero-order valence-electron chi connectivity index (χ0n) is 10.2. The molecule has 0 atom stereocenters. The summed E-state index contributed by atoms with van der Waals surface area (Å²) in [6.07, 6.45) is 0. The van der Waals surface area contributed by atoms with E-state index in [-0.39, 0.29) is 5.01 Å². The number of hydrogen-bond donors (Lipinski definition) is 1. The highest BCUT2D eigenvalue weighted by molar-refractivity contribution is 7.11. The van der Waals surface area contributed by atoms with Crippen LogP contribution >= 0.6 is 11.3 Å². The second-order valence-electron chi connectivity index (χ2n) is 3.96. The summed E-state index contributed by atoms with van der Waals surface area (Å²) in [6.45, 7) is 0.295. The van der Waals surface area contributed by atoms with Crippen LogP contribution in [-0.4, -0.2) is 36.3 Å². The summed E-state index contributed by atoms with van der Waals surface area (Å²) in [5.41, 5.74) is 1.48. The highest BCUT2D eigenvalue weighted by atomic mass is 32.1. The van der Waals surface area contributed by atoms with E-state index in [1.165, 1.54) is 4.80 Å². The molecule has 3 aromatic rings. The second kappa shape index (κ2) is 5.17. The van der Waals surface area contributed by atoms with Crippen molar-refractivity contribution in [2.24, 2.45) is 0 Å². The zero-order chi connectivity index (χ0) is 13.9. The minimum atomic E-state index is -1.03. The number of aromatic nitrogens is 5. The molecule has 0 bridgehead atoms. The molecule has 3 rings (SSSR count). The first-order valence-electron chi connectivity index (χ1n) is 5.73. The van der Waals surface area contributed by atoms with Crippen molar-refractivity contribution in [2.45, 2.75) is 6.54 Å². The summed E-state index contributed by atoms with van der Waals surface area (Å²) in [4.78, 5) is 16.1. The maximum Gasteiger partial charge on any atom is 0.365 e. The fraction of sp³-hybridized carbons (Fsp3) is 0.0833. The van der Waals surface area contributed by atoms with Crippen molar-refractivity contribution in [1.29, 1.82) is 0 Å². The van der Waals surface area contributed by atoms with Crippen LogP contribution in [0.5, 0.6) is 0 Å². The minimum Gasteiger partial charge on any atom is -0.476 e. The number of carboxylic acids is 1. The van der Waals surface area contributed by atoms with Gasteiger partial charge in [-0.05, 0) is 5.21 Å². The molecule has 100 valence electrons. The average Bonchev–Trinajstić information content (AvgIpc) is 3.10. The van der Waals surface area contributed by atoms with Gasteiger partial charge in [0.2, 0.25) is 10.8 Å².